The molecule has 0 aliphatic carbocycles. The van der Waals surface area contributed by atoms with Crippen LogP contribution in [0.5, 0.6) is 11.5 Å². The van der Waals surface area contributed by atoms with Gasteiger partial charge in [0.15, 0.2) is 11.5 Å². The van der Waals surface area contributed by atoms with Gasteiger partial charge in [0.05, 0.1) is 13.2 Å². The van der Waals surface area contributed by atoms with Crippen LogP contribution in [0.1, 0.15) is 138 Å². The monoisotopic (exact) mass is 646 g/mol. The summed E-state index contributed by atoms with van der Waals surface area (Å²) in [5, 5.41) is 0. The summed E-state index contributed by atoms with van der Waals surface area (Å²) in [6.07, 6.45) is 8.39. The van der Waals surface area contributed by atoms with Gasteiger partial charge in [0, 0.05) is 67.2 Å². The molecule has 4 N–H and O–H groups in total. The minimum absolute atomic E-state index is 0.212. The van der Waals surface area contributed by atoms with Gasteiger partial charge in [-0.2, -0.15) is 0 Å². The van der Waals surface area contributed by atoms with Gasteiger partial charge in [0.1, 0.15) is 0 Å². The van der Waals surface area contributed by atoms with E-state index in [9.17, 15) is 0 Å². The quantitative estimate of drug-likeness (QED) is 0.135. The van der Waals surface area contributed by atoms with Gasteiger partial charge in [-0.05, 0) is 128 Å². The van der Waals surface area contributed by atoms with Crippen molar-refractivity contribution < 1.29 is 9.47 Å². The smallest absolute Gasteiger partial charge is 0.161 e. The summed E-state index contributed by atoms with van der Waals surface area (Å²) in [6, 6.07) is 26.7. The molecule has 0 spiro atoms. The molecule has 3 aliphatic heterocycles. The number of fused-ring (bicyclic) bond motifs is 10. The van der Waals surface area contributed by atoms with Crippen molar-refractivity contribution in [2.75, 3.05) is 13.2 Å². The summed E-state index contributed by atoms with van der Waals surface area (Å²) in [5.74, 6) is 1.69. The zero-order chi connectivity index (χ0) is 33.6. The molecule has 7 heterocycles. The number of benzene rings is 1. The van der Waals surface area contributed by atoms with E-state index in [4.69, 9.17) is 9.47 Å². The maximum atomic E-state index is 6.27. The van der Waals surface area contributed by atoms with E-state index >= 15 is 0 Å². The molecule has 3 aliphatic rings. The standard InChI is InChI=1S/C42H54N4O2/c1-39(2)31-17-21-35(43-31)41(5)25-11-7-13-27-47-29-15-9-10-16-30(29)48-28-14-8-12-26-42(6,36-22-18-32(39)44-36)38-24-20-34(46-38)40(3,4)33-19-23-37(41)45-33/h9-10,15-24,43-46H,7-8,11-14,25-28H2,1-6H3. The molecule has 48 heavy (non-hydrogen) atoms. The second kappa shape index (κ2) is 12.4. The Morgan fingerprint density at radius 2 is 0.708 bits per heavy atom. The molecule has 0 atom stereocenters. The fraction of sp³-hybridized carbons (Fsp3) is 0.476. The van der Waals surface area contributed by atoms with Crippen LogP contribution in [0.2, 0.25) is 0 Å². The highest BCUT2D eigenvalue weighted by Crippen LogP contribution is 2.44. The first-order chi connectivity index (χ1) is 23.0. The Morgan fingerprint density at radius 1 is 0.396 bits per heavy atom. The predicted molar refractivity (Wildman–Crippen MR) is 195 cm³/mol. The SMILES string of the molecule is CC1(C)c2ccc([nH]2)C2(C)CCCCCOc3ccccc3OCCCCCC(C)(c3ccc1[nH]3)c1ccc([nH]1)C(C)(C)c1ccc2[nH]1. The van der Waals surface area contributed by atoms with Gasteiger partial charge < -0.3 is 29.4 Å². The minimum Gasteiger partial charge on any atom is -0.490 e. The lowest BCUT2D eigenvalue weighted by Gasteiger charge is -2.31. The average molecular weight is 647 g/mol. The molecule has 4 aromatic heterocycles. The van der Waals surface area contributed by atoms with E-state index in [1.165, 1.54) is 45.6 Å². The lowest BCUT2D eigenvalue weighted by atomic mass is 9.78. The summed E-state index contributed by atoms with van der Waals surface area (Å²) < 4.78 is 12.5. The van der Waals surface area contributed by atoms with Gasteiger partial charge in [-0.3, -0.25) is 0 Å². The summed E-state index contributed by atoms with van der Waals surface area (Å²) in [4.78, 5) is 15.8. The molecule has 254 valence electrons. The van der Waals surface area contributed by atoms with Crippen LogP contribution in [-0.4, -0.2) is 33.1 Å². The summed E-state index contributed by atoms with van der Waals surface area (Å²) in [7, 11) is 0. The number of ether oxygens (including phenoxy) is 2. The third-order valence-electron chi connectivity index (χ3n) is 11.8. The molecular weight excluding hydrogens is 592 g/mol. The average Bonchev–Trinajstić information content (AvgIpc) is 3.90. The van der Waals surface area contributed by atoms with Crippen LogP contribution in [0.3, 0.4) is 0 Å². The molecule has 0 fully saturated rings. The molecule has 6 nitrogen and oxygen atoms in total. The van der Waals surface area contributed by atoms with Gasteiger partial charge in [0.2, 0.25) is 0 Å². The number of para-hydroxylation sites is 2. The third kappa shape index (κ3) is 5.71. The van der Waals surface area contributed by atoms with Crippen molar-refractivity contribution >= 4 is 0 Å². The molecule has 8 rings (SSSR count). The topological polar surface area (TPSA) is 81.6 Å². The van der Waals surface area contributed by atoms with Crippen molar-refractivity contribution in [1.29, 1.82) is 0 Å². The first kappa shape index (κ1) is 32.5. The zero-order valence-electron chi connectivity index (χ0n) is 29.8. The van der Waals surface area contributed by atoms with Gasteiger partial charge >= 0.3 is 0 Å². The van der Waals surface area contributed by atoms with E-state index in [0.717, 1.165) is 62.9 Å². The Balaban J connectivity index is 1.34. The van der Waals surface area contributed by atoms with Crippen LogP contribution in [0.15, 0.2) is 72.8 Å². The second-order valence-corrected chi connectivity index (χ2v) is 15.8. The summed E-state index contributed by atoms with van der Waals surface area (Å²) in [6.45, 7) is 15.5. The third-order valence-corrected chi connectivity index (χ3v) is 11.8. The van der Waals surface area contributed by atoms with Crippen molar-refractivity contribution in [1.82, 2.24) is 19.9 Å². The van der Waals surface area contributed by atoms with E-state index in [0.29, 0.717) is 13.2 Å². The molecule has 10 bridgehead atoms. The zero-order valence-corrected chi connectivity index (χ0v) is 29.8. The van der Waals surface area contributed by atoms with Crippen LogP contribution in [0.25, 0.3) is 0 Å². The highest BCUT2D eigenvalue weighted by atomic mass is 16.5. The number of aromatic nitrogens is 4. The van der Waals surface area contributed by atoms with Crippen LogP contribution in [0, 0.1) is 0 Å². The molecule has 1 aromatic carbocycles. The van der Waals surface area contributed by atoms with E-state index in [-0.39, 0.29) is 21.7 Å². The molecular formula is C42H54N4O2. The molecule has 0 radical (unpaired) electrons. The number of nitrogens with one attached hydrogen (secondary N) is 4. The second-order valence-electron chi connectivity index (χ2n) is 15.8. The van der Waals surface area contributed by atoms with Crippen molar-refractivity contribution in [2.24, 2.45) is 0 Å². The maximum Gasteiger partial charge on any atom is 0.161 e. The van der Waals surface area contributed by atoms with Gasteiger partial charge in [-0.15, -0.1) is 0 Å². The van der Waals surface area contributed by atoms with E-state index < -0.39 is 0 Å². The van der Waals surface area contributed by atoms with Crippen LogP contribution < -0.4 is 9.47 Å². The lowest BCUT2D eigenvalue weighted by molar-refractivity contribution is 0.257. The molecule has 6 heteroatoms. The van der Waals surface area contributed by atoms with E-state index in [2.05, 4.69) is 110 Å². The van der Waals surface area contributed by atoms with Crippen LogP contribution >= 0.6 is 0 Å². The largest absolute Gasteiger partial charge is 0.490 e. The Labute approximate surface area is 286 Å². The fourth-order valence-corrected chi connectivity index (χ4v) is 8.01. The van der Waals surface area contributed by atoms with E-state index in [1.807, 2.05) is 24.3 Å². The molecule has 0 saturated carbocycles. The summed E-state index contributed by atoms with van der Waals surface area (Å²) in [5.41, 5.74) is 9.05. The number of hydrogen-bond acceptors (Lipinski definition) is 2. The highest BCUT2D eigenvalue weighted by Gasteiger charge is 2.39. The normalized spacial score (nSPS) is 24.5. The molecule has 0 unspecified atom stereocenters. The highest BCUT2D eigenvalue weighted by molar-refractivity contribution is 5.44. The number of hydrogen-bond donors (Lipinski definition) is 4. The van der Waals surface area contributed by atoms with Crippen molar-refractivity contribution in [2.45, 2.75) is 115 Å². The predicted octanol–water partition coefficient (Wildman–Crippen LogP) is 10.2. The molecule has 0 amide bonds. The number of H-pyrrole nitrogens is 4. The van der Waals surface area contributed by atoms with Gasteiger partial charge in [-0.1, -0.05) is 37.8 Å². The first-order valence-corrected chi connectivity index (χ1v) is 18.2. The maximum absolute atomic E-state index is 6.27. The van der Waals surface area contributed by atoms with Gasteiger partial charge in [0.25, 0.3) is 0 Å². The van der Waals surface area contributed by atoms with Crippen LogP contribution in [0.4, 0.5) is 0 Å². The van der Waals surface area contributed by atoms with Crippen LogP contribution in [-0.2, 0) is 21.7 Å². The van der Waals surface area contributed by atoms with E-state index in [1.54, 1.807) is 0 Å². The molecule has 0 saturated heterocycles. The van der Waals surface area contributed by atoms with Crippen molar-refractivity contribution in [3.05, 3.63) is 118 Å². The minimum atomic E-state index is -0.224. The van der Waals surface area contributed by atoms with Gasteiger partial charge in [-0.25, -0.2) is 0 Å². The Kier molecular flexibility index (Phi) is 8.41. The Bertz CT molecular complexity index is 1620. The number of aromatic amines is 4. The Hall–Kier alpha value is -4.06. The number of rotatable bonds is 0. The van der Waals surface area contributed by atoms with Crippen molar-refractivity contribution in [3.63, 3.8) is 0 Å². The molecule has 5 aromatic rings. The van der Waals surface area contributed by atoms with Crippen molar-refractivity contribution in [3.8, 4) is 11.5 Å². The summed E-state index contributed by atoms with van der Waals surface area (Å²) >= 11 is 0. The fourth-order valence-electron chi connectivity index (χ4n) is 8.01. The first-order valence-electron chi connectivity index (χ1n) is 18.2. The lowest BCUT2D eigenvalue weighted by Crippen LogP contribution is -2.29. The Morgan fingerprint density at radius 3 is 1.04 bits per heavy atom.